The van der Waals surface area contributed by atoms with Crippen LogP contribution in [0.5, 0.6) is 0 Å². The molecule has 1 heterocycles. The van der Waals surface area contributed by atoms with Crippen LogP contribution in [-0.4, -0.2) is 49.9 Å². The van der Waals surface area contributed by atoms with Gasteiger partial charge in [-0.15, -0.1) is 0 Å². The zero-order valence-corrected chi connectivity index (χ0v) is 17.4. The van der Waals surface area contributed by atoms with E-state index in [-0.39, 0.29) is 17.1 Å². The van der Waals surface area contributed by atoms with E-state index in [1.54, 1.807) is 19.2 Å². The lowest BCUT2D eigenvalue weighted by atomic mass is 10.0. The summed E-state index contributed by atoms with van der Waals surface area (Å²) in [4.78, 5) is 23.8. The maximum Gasteiger partial charge on any atom is 0.354 e. The molecule has 2 rings (SSSR count). The van der Waals surface area contributed by atoms with Crippen LogP contribution in [0.1, 0.15) is 35.8 Å². The van der Waals surface area contributed by atoms with Crippen molar-refractivity contribution in [2.24, 2.45) is 7.05 Å². The van der Waals surface area contributed by atoms with Gasteiger partial charge in [0.1, 0.15) is 10.6 Å². The highest BCUT2D eigenvalue weighted by Crippen LogP contribution is 2.19. The molecule has 0 aliphatic heterocycles. The van der Waals surface area contributed by atoms with Crippen molar-refractivity contribution in [1.82, 2.24) is 8.87 Å². The van der Waals surface area contributed by atoms with Gasteiger partial charge in [0.05, 0.1) is 13.7 Å². The highest BCUT2D eigenvalue weighted by atomic mass is 32.2. The fourth-order valence-electron chi connectivity index (χ4n) is 2.60. The van der Waals surface area contributed by atoms with Gasteiger partial charge < -0.3 is 14.6 Å². The van der Waals surface area contributed by atoms with Gasteiger partial charge in [0.25, 0.3) is 0 Å². The molecular weight excluding hydrogens is 382 g/mol. The summed E-state index contributed by atoms with van der Waals surface area (Å²) in [7, 11) is 0.120. The van der Waals surface area contributed by atoms with Crippen molar-refractivity contribution < 1.29 is 22.7 Å². The Morgan fingerprint density at radius 3 is 2.36 bits per heavy atom. The second kappa shape index (κ2) is 8.57. The summed E-state index contributed by atoms with van der Waals surface area (Å²) in [5.41, 5.74) is 1.83. The number of aromatic nitrogens is 1. The molecule has 28 heavy (non-hydrogen) atoms. The first-order valence-electron chi connectivity index (χ1n) is 8.67. The Morgan fingerprint density at radius 1 is 1.21 bits per heavy atom. The molecule has 0 radical (unpaired) electrons. The topological polar surface area (TPSA) is 97.7 Å². The number of benzene rings is 1. The van der Waals surface area contributed by atoms with Crippen LogP contribution in [-0.2, 0) is 26.6 Å². The number of nitrogens with one attached hydrogen (secondary N) is 1. The minimum atomic E-state index is -3.94. The van der Waals surface area contributed by atoms with E-state index in [1.165, 1.54) is 31.0 Å². The Kier molecular flexibility index (Phi) is 6.63. The zero-order chi connectivity index (χ0) is 21.1. The second-order valence-electron chi connectivity index (χ2n) is 6.75. The average molecular weight is 407 g/mol. The van der Waals surface area contributed by atoms with Crippen molar-refractivity contribution in [3.8, 4) is 0 Å². The van der Waals surface area contributed by atoms with Crippen LogP contribution in [0.3, 0.4) is 0 Å². The highest BCUT2D eigenvalue weighted by Gasteiger charge is 2.26. The van der Waals surface area contributed by atoms with Gasteiger partial charge in [-0.1, -0.05) is 26.0 Å². The molecule has 0 saturated heterocycles. The molecule has 2 aromatic rings. The number of carbonyl (C=O) groups excluding carboxylic acids is 2. The minimum Gasteiger partial charge on any atom is -0.464 e. The number of amides is 1. The Bertz CT molecular complexity index is 962. The number of carbonyl (C=O) groups is 2. The summed E-state index contributed by atoms with van der Waals surface area (Å²) in [6.07, 6.45) is 1.31. The second-order valence-corrected chi connectivity index (χ2v) is 8.79. The predicted octanol–water partition coefficient (Wildman–Crippen LogP) is 2.19. The van der Waals surface area contributed by atoms with Crippen molar-refractivity contribution in [2.75, 3.05) is 26.0 Å². The molecule has 0 aliphatic rings. The maximum absolute atomic E-state index is 12.7. The fourth-order valence-corrected chi connectivity index (χ4v) is 3.80. The number of aryl methyl sites for hydroxylation is 1. The molecule has 0 fully saturated rings. The third-order valence-electron chi connectivity index (χ3n) is 4.31. The lowest BCUT2D eigenvalue weighted by Gasteiger charge is -2.16. The number of rotatable bonds is 7. The molecule has 9 heteroatoms. The van der Waals surface area contributed by atoms with E-state index in [0.717, 1.165) is 9.87 Å². The number of hydrogen-bond donors (Lipinski definition) is 1. The summed E-state index contributed by atoms with van der Waals surface area (Å²) in [6, 6.07) is 8.61. The van der Waals surface area contributed by atoms with E-state index >= 15 is 0 Å². The van der Waals surface area contributed by atoms with Crippen LogP contribution in [0, 0.1) is 0 Å². The molecule has 0 unspecified atom stereocenters. The van der Waals surface area contributed by atoms with Gasteiger partial charge >= 0.3 is 5.97 Å². The standard InChI is InChI=1S/C19H25N3O5S/c1-13(2)14-6-8-15(9-7-14)20-18(23)12-22(4)28(25,26)16-10-17(19(24)27-5)21(3)11-16/h6-11,13H,12H2,1-5H3,(H,20,23). The molecule has 0 saturated carbocycles. The maximum atomic E-state index is 12.7. The number of esters is 1. The summed E-state index contributed by atoms with van der Waals surface area (Å²) in [5, 5.41) is 2.68. The van der Waals surface area contributed by atoms with Gasteiger partial charge in [-0.2, -0.15) is 4.31 Å². The third kappa shape index (κ3) is 4.79. The fraction of sp³-hybridized carbons (Fsp3) is 0.368. The van der Waals surface area contributed by atoms with Crippen LogP contribution in [0.15, 0.2) is 41.4 Å². The van der Waals surface area contributed by atoms with Gasteiger partial charge in [0.2, 0.25) is 15.9 Å². The number of sulfonamides is 1. The zero-order valence-electron chi connectivity index (χ0n) is 16.6. The van der Waals surface area contributed by atoms with Crippen molar-refractivity contribution in [3.05, 3.63) is 47.8 Å². The molecule has 1 amide bonds. The number of anilines is 1. The molecule has 0 atom stereocenters. The van der Waals surface area contributed by atoms with Crippen molar-refractivity contribution in [3.63, 3.8) is 0 Å². The molecule has 8 nitrogen and oxygen atoms in total. The quantitative estimate of drug-likeness (QED) is 0.710. The monoisotopic (exact) mass is 407 g/mol. The van der Waals surface area contributed by atoms with Gasteiger partial charge in [-0.25, -0.2) is 13.2 Å². The Balaban J connectivity index is 2.09. The minimum absolute atomic E-state index is 0.0908. The van der Waals surface area contributed by atoms with Gasteiger partial charge in [0, 0.05) is 26.0 Å². The highest BCUT2D eigenvalue weighted by molar-refractivity contribution is 7.89. The molecule has 1 aromatic carbocycles. The van der Waals surface area contributed by atoms with Gasteiger partial charge in [-0.3, -0.25) is 4.79 Å². The van der Waals surface area contributed by atoms with Gasteiger partial charge in [-0.05, 0) is 29.7 Å². The summed E-state index contributed by atoms with van der Waals surface area (Å²) < 4.78 is 32.3. The predicted molar refractivity (Wildman–Crippen MR) is 106 cm³/mol. The average Bonchev–Trinajstić information content (AvgIpc) is 3.03. The molecule has 0 aliphatic carbocycles. The number of likely N-dealkylation sites (N-methyl/N-ethyl adjacent to an activating group) is 1. The number of nitrogens with zero attached hydrogens (tertiary/aromatic N) is 2. The SMILES string of the molecule is COC(=O)c1cc(S(=O)(=O)N(C)CC(=O)Nc2ccc(C(C)C)cc2)cn1C. The van der Waals surface area contributed by atoms with E-state index in [0.29, 0.717) is 11.6 Å². The van der Waals surface area contributed by atoms with Gasteiger partial charge in [0.15, 0.2) is 0 Å². The van der Waals surface area contributed by atoms with Crippen LogP contribution in [0.25, 0.3) is 0 Å². The first-order valence-corrected chi connectivity index (χ1v) is 10.1. The lowest BCUT2D eigenvalue weighted by Crippen LogP contribution is -2.34. The molecule has 1 aromatic heterocycles. The Morgan fingerprint density at radius 2 is 1.82 bits per heavy atom. The summed E-state index contributed by atoms with van der Waals surface area (Å²) in [6.45, 7) is 3.78. The lowest BCUT2D eigenvalue weighted by molar-refractivity contribution is -0.116. The molecule has 0 bridgehead atoms. The van der Waals surface area contributed by atoms with Crippen LogP contribution in [0.4, 0.5) is 5.69 Å². The molecule has 152 valence electrons. The van der Waals surface area contributed by atoms with E-state index < -0.39 is 21.9 Å². The number of ether oxygens (including phenoxy) is 1. The Labute approximate surface area is 165 Å². The molecule has 0 spiro atoms. The van der Waals surface area contributed by atoms with E-state index in [1.807, 2.05) is 12.1 Å². The summed E-state index contributed by atoms with van der Waals surface area (Å²) >= 11 is 0. The largest absolute Gasteiger partial charge is 0.464 e. The van der Waals surface area contributed by atoms with Crippen LogP contribution in [0.2, 0.25) is 0 Å². The van der Waals surface area contributed by atoms with Crippen LogP contribution < -0.4 is 5.32 Å². The van der Waals surface area contributed by atoms with Crippen molar-refractivity contribution in [2.45, 2.75) is 24.7 Å². The number of methoxy groups -OCH3 is 1. The smallest absolute Gasteiger partial charge is 0.354 e. The number of hydrogen-bond acceptors (Lipinski definition) is 5. The first-order chi connectivity index (χ1) is 13.1. The van der Waals surface area contributed by atoms with Crippen molar-refractivity contribution in [1.29, 1.82) is 0 Å². The molecule has 1 N–H and O–H groups in total. The summed E-state index contributed by atoms with van der Waals surface area (Å²) in [5.74, 6) is -0.733. The van der Waals surface area contributed by atoms with Crippen LogP contribution >= 0.6 is 0 Å². The molecular formula is C19H25N3O5S. The third-order valence-corrected chi connectivity index (χ3v) is 6.08. The Hall–Kier alpha value is -2.65. The van der Waals surface area contributed by atoms with E-state index in [2.05, 4.69) is 23.9 Å². The van der Waals surface area contributed by atoms with E-state index in [4.69, 9.17) is 0 Å². The van der Waals surface area contributed by atoms with E-state index in [9.17, 15) is 18.0 Å². The van der Waals surface area contributed by atoms with Crippen molar-refractivity contribution >= 4 is 27.6 Å². The normalized spacial score (nSPS) is 11.7. The first kappa shape index (κ1) is 21.6.